The SMILES string of the molecule is C=COC(COC)COC.C=COc1cc(C(=O)OC)cc(C(=O)OC)c1.C=COc1cc(OC)cc(OC)c1.CC/C=C/OC. The minimum Gasteiger partial charge on any atom is -0.505 e. The fourth-order valence-corrected chi connectivity index (χ4v) is 3.01. The molecular weight excluding hydrogens is 600 g/mol. The molecule has 0 aliphatic heterocycles. The van der Waals surface area contributed by atoms with Crippen LogP contribution in [0.4, 0.5) is 0 Å². The molecular formula is C34H48O12. The van der Waals surface area contributed by atoms with E-state index >= 15 is 0 Å². The van der Waals surface area contributed by atoms with E-state index in [-0.39, 0.29) is 17.2 Å². The predicted molar refractivity (Wildman–Crippen MR) is 176 cm³/mol. The summed E-state index contributed by atoms with van der Waals surface area (Å²) in [6.07, 6.45) is 8.59. The Morgan fingerprint density at radius 2 is 1.09 bits per heavy atom. The van der Waals surface area contributed by atoms with Gasteiger partial charge in [-0.2, -0.15) is 0 Å². The topological polar surface area (TPSA) is 126 Å². The Morgan fingerprint density at radius 3 is 1.39 bits per heavy atom. The molecule has 0 N–H and O–H groups in total. The molecule has 2 rings (SSSR count). The lowest BCUT2D eigenvalue weighted by molar-refractivity contribution is 0.000773. The zero-order valence-corrected chi connectivity index (χ0v) is 28.1. The molecule has 12 nitrogen and oxygen atoms in total. The molecule has 0 aliphatic carbocycles. The fraction of sp³-hybridized carbons (Fsp3) is 0.353. The van der Waals surface area contributed by atoms with E-state index in [4.69, 9.17) is 33.2 Å². The number of hydrogen-bond acceptors (Lipinski definition) is 12. The molecule has 2 aromatic rings. The molecule has 0 unspecified atom stereocenters. The number of esters is 2. The van der Waals surface area contributed by atoms with Gasteiger partial charge in [-0.3, -0.25) is 0 Å². The summed E-state index contributed by atoms with van der Waals surface area (Å²) in [6, 6.07) is 9.54. The van der Waals surface area contributed by atoms with Crippen LogP contribution in [0.2, 0.25) is 0 Å². The van der Waals surface area contributed by atoms with E-state index in [0.29, 0.717) is 36.2 Å². The lowest BCUT2D eigenvalue weighted by Crippen LogP contribution is -2.22. The summed E-state index contributed by atoms with van der Waals surface area (Å²) in [5.41, 5.74) is 0.402. The summed E-state index contributed by atoms with van der Waals surface area (Å²) >= 11 is 0. The molecule has 0 amide bonds. The highest BCUT2D eigenvalue weighted by molar-refractivity contribution is 5.96. The van der Waals surface area contributed by atoms with Crippen molar-refractivity contribution in [3.8, 4) is 23.0 Å². The molecule has 0 atom stereocenters. The maximum absolute atomic E-state index is 11.4. The first-order chi connectivity index (χ1) is 22.2. The molecule has 12 heteroatoms. The number of carbonyl (C=O) groups is 2. The van der Waals surface area contributed by atoms with Gasteiger partial charge < -0.3 is 47.4 Å². The summed E-state index contributed by atoms with van der Waals surface area (Å²) in [5.74, 6) is 1.20. The maximum atomic E-state index is 11.4. The van der Waals surface area contributed by atoms with Gasteiger partial charge >= 0.3 is 11.9 Å². The van der Waals surface area contributed by atoms with Crippen LogP contribution in [0.15, 0.2) is 87.3 Å². The van der Waals surface area contributed by atoms with Crippen molar-refractivity contribution >= 4 is 11.9 Å². The average molecular weight is 649 g/mol. The number of rotatable bonds is 16. The van der Waals surface area contributed by atoms with Crippen LogP contribution >= 0.6 is 0 Å². The Morgan fingerprint density at radius 1 is 0.652 bits per heavy atom. The monoisotopic (exact) mass is 648 g/mol. The van der Waals surface area contributed by atoms with E-state index < -0.39 is 11.9 Å². The van der Waals surface area contributed by atoms with Gasteiger partial charge in [-0.25, -0.2) is 9.59 Å². The van der Waals surface area contributed by atoms with Crippen molar-refractivity contribution in [3.63, 3.8) is 0 Å². The van der Waals surface area contributed by atoms with E-state index in [2.05, 4.69) is 40.9 Å². The van der Waals surface area contributed by atoms with Crippen LogP contribution in [-0.4, -0.2) is 81.0 Å². The zero-order valence-electron chi connectivity index (χ0n) is 28.1. The van der Waals surface area contributed by atoms with E-state index in [1.807, 2.05) is 6.08 Å². The average Bonchev–Trinajstić information content (AvgIpc) is 3.07. The third-order valence-electron chi connectivity index (χ3n) is 4.97. The van der Waals surface area contributed by atoms with Crippen LogP contribution in [0, 0.1) is 0 Å². The summed E-state index contributed by atoms with van der Waals surface area (Å²) in [7, 11) is 10.6. The van der Waals surface area contributed by atoms with Crippen LogP contribution < -0.4 is 18.9 Å². The Balaban J connectivity index is 0. The van der Waals surface area contributed by atoms with Crippen LogP contribution in [0.1, 0.15) is 34.1 Å². The molecule has 0 aromatic heterocycles. The number of benzene rings is 2. The highest BCUT2D eigenvalue weighted by Crippen LogP contribution is 2.27. The molecule has 0 bridgehead atoms. The molecule has 0 saturated carbocycles. The summed E-state index contributed by atoms with van der Waals surface area (Å²) < 4.78 is 48.7. The van der Waals surface area contributed by atoms with Gasteiger partial charge in [0.15, 0.2) is 0 Å². The quantitative estimate of drug-likeness (QED) is 0.148. The second-order valence-corrected chi connectivity index (χ2v) is 8.20. The molecule has 256 valence electrons. The first-order valence-corrected chi connectivity index (χ1v) is 13.7. The summed E-state index contributed by atoms with van der Waals surface area (Å²) in [6.45, 7) is 13.4. The highest BCUT2D eigenvalue weighted by Gasteiger charge is 2.14. The smallest absolute Gasteiger partial charge is 0.338 e. The van der Waals surface area contributed by atoms with Crippen LogP contribution in [0.25, 0.3) is 0 Å². The molecule has 0 radical (unpaired) electrons. The predicted octanol–water partition coefficient (Wildman–Crippen LogP) is 6.37. The minimum atomic E-state index is -0.565. The van der Waals surface area contributed by atoms with E-state index in [0.717, 1.165) is 6.42 Å². The van der Waals surface area contributed by atoms with E-state index in [1.165, 1.54) is 51.2 Å². The van der Waals surface area contributed by atoms with Gasteiger partial charge in [-0.05, 0) is 24.6 Å². The normalized spacial score (nSPS) is 9.41. The minimum absolute atomic E-state index is 0.0347. The number of methoxy groups -OCH3 is 7. The van der Waals surface area contributed by atoms with Gasteiger partial charge in [0, 0.05) is 32.4 Å². The van der Waals surface area contributed by atoms with Crippen molar-refractivity contribution < 1.29 is 57.0 Å². The largest absolute Gasteiger partial charge is 0.505 e. The van der Waals surface area contributed by atoms with Crippen molar-refractivity contribution in [2.45, 2.75) is 19.4 Å². The first-order valence-electron chi connectivity index (χ1n) is 13.7. The van der Waals surface area contributed by atoms with Gasteiger partial charge in [-0.1, -0.05) is 32.7 Å². The third kappa shape index (κ3) is 20.1. The standard InChI is InChI=1S/C12H12O5.C10H12O3.C7H14O3.C5H10O/c1-4-17-10-6-8(11(13)15-2)5-9(7-10)12(14)16-3;1-4-13-10-6-8(11-2)5-9(7-10)12-3;1-4-10-7(5-8-2)6-9-3;1-3-4-5-6-2/h4-7H,1H2,2-3H3;4-7H,1H2,2-3H3;4,7H,1,5-6H2,2-3H3;4-5H,3H2,1-2H3/b;;;5-4+. The number of hydrogen-bond donors (Lipinski definition) is 0. The Hall–Kier alpha value is -4.94. The number of carbonyl (C=O) groups excluding carboxylic acids is 2. The van der Waals surface area contributed by atoms with Crippen molar-refractivity contribution in [1.82, 2.24) is 0 Å². The van der Waals surface area contributed by atoms with Gasteiger partial charge in [-0.15, -0.1) is 0 Å². The summed E-state index contributed by atoms with van der Waals surface area (Å²) in [5, 5.41) is 0. The molecule has 0 saturated heterocycles. The molecule has 46 heavy (non-hydrogen) atoms. The Labute approximate surface area is 272 Å². The highest BCUT2D eigenvalue weighted by atomic mass is 16.6. The molecule has 0 heterocycles. The molecule has 0 fully saturated rings. The van der Waals surface area contributed by atoms with Crippen LogP contribution in [0.3, 0.4) is 0 Å². The van der Waals surface area contributed by atoms with E-state index in [9.17, 15) is 9.59 Å². The molecule has 2 aromatic carbocycles. The van der Waals surface area contributed by atoms with Crippen LogP contribution in [0.5, 0.6) is 23.0 Å². The lowest BCUT2D eigenvalue weighted by atomic mass is 10.1. The Kier molecular flexibility index (Phi) is 27.0. The Bertz CT molecular complexity index is 1110. The van der Waals surface area contributed by atoms with Crippen molar-refractivity contribution in [2.75, 3.05) is 63.0 Å². The second-order valence-electron chi connectivity index (χ2n) is 8.20. The maximum Gasteiger partial charge on any atom is 0.338 e. The van der Waals surface area contributed by atoms with Gasteiger partial charge in [0.25, 0.3) is 0 Å². The van der Waals surface area contributed by atoms with Crippen molar-refractivity contribution in [1.29, 1.82) is 0 Å². The third-order valence-corrected chi connectivity index (χ3v) is 4.97. The fourth-order valence-electron chi connectivity index (χ4n) is 3.01. The van der Waals surface area contributed by atoms with Gasteiger partial charge in [0.2, 0.25) is 0 Å². The van der Waals surface area contributed by atoms with E-state index in [1.54, 1.807) is 60.0 Å². The van der Waals surface area contributed by atoms with Gasteiger partial charge in [0.05, 0.1) is 84.9 Å². The second kappa shape index (κ2) is 28.8. The van der Waals surface area contributed by atoms with Crippen molar-refractivity contribution in [3.05, 3.63) is 98.4 Å². The molecule has 0 spiro atoms. The zero-order chi connectivity index (χ0) is 35.2. The molecule has 0 aliphatic rings. The lowest BCUT2D eigenvalue weighted by Gasteiger charge is -2.13. The van der Waals surface area contributed by atoms with Crippen LogP contribution in [-0.2, 0) is 28.4 Å². The van der Waals surface area contributed by atoms with Gasteiger partial charge in [0.1, 0.15) is 29.1 Å². The van der Waals surface area contributed by atoms with Crippen molar-refractivity contribution in [2.24, 2.45) is 0 Å². The number of ether oxygens (including phenoxy) is 10. The first kappa shape index (κ1) is 43.2. The summed E-state index contributed by atoms with van der Waals surface area (Å²) in [4.78, 5) is 22.8. The number of allylic oxidation sites excluding steroid dienone is 1.